The quantitative estimate of drug-likeness (QED) is 0.391. The molecule has 4 rings (SSSR count). The van der Waals surface area contributed by atoms with Crippen molar-refractivity contribution in [3.8, 4) is 11.1 Å². The molecular weight excluding hydrogens is 483 g/mol. The molecule has 0 aliphatic heterocycles. The molecule has 4 aromatic rings. The van der Waals surface area contributed by atoms with Crippen molar-refractivity contribution in [2.45, 2.75) is 24.2 Å². The zero-order valence-corrected chi connectivity index (χ0v) is 17.4. The summed E-state index contributed by atoms with van der Waals surface area (Å²) in [6, 6.07) is 7.64. The Balaban J connectivity index is 1.88. The summed E-state index contributed by atoms with van der Waals surface area (Å²) in [6.07, 6.45) is -3.06. The lowest BCUT2D eigenvalue weighted by Crippen LogP contribution is -2.48. The third kappa shape index (κ3) is 4.46. The summed E-state index contributed by atoms with van der Waals surface area (Å²) in [5, 5.41) is 21.5. The van der Waals surface area contributed by atoms with Crippen molar-refractivity contribution in [2.24, 2.45) is 0 Å². The number of benzene rings is 2. The van der Waals surface area contributed by atoms with Gasteiger partial charge in [-0.1, -0.05) is 18.2 Å². The average Bonchev–Trinajstić information content (AvgIpc) is 3.31. The topological polar surface area (TPSA) is 76.7 Å². The standard InChI is InChI=1S/C22H14F7N5O/c23-14-5-6-17(18(24)10-14)20(35,11-34-32-12-31-33-34)21(25,26)19-9-13(7-8-30-19)15-3-1-2-4-16(15)22(27,28)29/h1-10,12,35H,11H2. The Bertz CT molecular complexity index is 1340. The number of aromatic nitrogens is 5. The second-order valence-corrected chi connectivity index (χ2v) is 7.50. The fourth-order valence-corrected chi connectivity index (χ4v) is 3.61. The van der Waals surface area contributed by atoms with Gasteiger partial charge in [0.1, 0.15) is 23.9 Å². The molecule has 182 valence electrons. The van der Waals surface area contributed by atoms with Gasteiger partial charge in [-0.3, -0.25) is 4.98 Å². The first-order chi connectivity index (χ1) is 16.4. The van der Waals surface area contributed by atoms with Crippen LogP contribution in [0.5, 0.6) is 0 Å². The summed E-state index contributed by atoms with van der Waals surface area (Å²) in [5.41, 5.74) is -7.38. The Labute approximate surface area is 192 Å². The summed E-state index contributed by atoms with van der Waals surface area (Å²) >= 11 is 0. The molecule has 0 bridgehead atoms. The maximum Gasteiger partial charge on any atom is 0.417 e. The molecular formula is C22H14F7N5O. The lowest BCUT2D eigenvalue weighted by Gasteiger charge is -2.35. The fourth-order valence-electron chi connectivity index (χ4n) is 3.61. The SMILES string of the molecule is OC(Cn1ncnn1)(c1ccc(F)cc1F)C(F)(F)c1cc(-c2ccccc2C(F)(F)F)ccn1. The molecule has 0 aliphatic carbocycles. The van der Waals surface area contributed by atoms with Crippen LogP contribution in [0.1, 0.15) is 16.8 Å². The number of alkyl halides is 5. The number of tetrazole rings is 1. The molecule has 2 heterocycles. The van der Waals surface area contributed by atoms with E-state index in [1.165, 1.54) is 6.07 Å². The molecule has 0 radical (unpaired) electrons. The molecule has 13 heteroatoms. The maximum absolute atomic E-state index is 15.9. The van der Waals surface area contributed by atoms with Gasteiger partial charge in [-0.15, -0.1) is 10.2 Å². The second kappa shape index (κ2) is 8.73. The lowest BCUT2D eigenvalue weighted by atomic mass is 9.84. The van der Waals surface area contributed by atoms with Crippen molar-refractivity contribution in [1.29, 1.82) is 0 Å². The van der Waals surface area contributed by atoms with Crippen LogP contribution >= 0.6 is 0 Å². The van der Waals surface area contributed by atoms with Gasteiger partial charge >= 0.3 is 12.1 Å². The van der Waals surface area contributed by atoms with Crippen LogP contribution in [0.4, 0.5) is 30.7 Å². The molecule has 0 aliphatic rings. The molecule has 6 nitrogen and oxygen atoms in total. The van der Waals surface area contributed by atoms with Crippen LogP contribution in [-0.2, 0) is 24.2 Å². The van der Waals surface area contributed by atoms with Crippen molar-refractivity contribution < 1.29 is 35.8 Å². The third-order valence-corrected chi connectivity index (χ3v) is 5.28. The average molecular weight is 497 g/mol. The molecule has 1 N–H and O–H groups in total. The molecule has 35 heavy (non-hydrogen) atoms. The van der Waals surface area contributed by atoms with E-state index in [0.29, 0.717) is 29.1 Å². The first-order valence-corrected chi connectivity index (χ1v) is 9.83. The summed E-state index contributed by atoms with van der Waals surface area (Å²) in [6.45, 7) is -1.15. The van der Waals surface area contributed by atoms with E-state index in [-0.39, 0.29) is 5.56 Å². The van der Waals surface area contributed by atoms with Crippen LogP contribution in [0, 0.1) is 11.6 Å². The van der Waals surface area contributed by atoms with Crippen LogP contribution in [0.25, 0.3) is 11.1 Å². The van der Waals surface area contributed by atoms with Gasteiger partial charge < -0.3 is 5.11 Å². The van der Waals surface area contributed by atoms with E-state index in [0.717, 1.165) is 36.8 Å². The summed E-state index contributed by atoms with van der Waals surface area (Å²) in [5.74, 6) is -7.01. The first-order valence-electron chi connectivity index (χ1n) is 9.83. The fraction of sp³-hybridized carbons (Fsp3) is 0.182. The van der Waals surface area contributed by atoms with E-state index < -0.39 is 58.3 Å². The lowest BCUT2D eigenvalue weighted by molar-refractivity contribution is -0.209. The Morgan fingerprint density at radius 2 is 1.63 bits per heavy atom. The smallest absolute Gasteiger partial charge is 0.377 e. The van der Waals surface area contributed by atoms with Crippen LogP contribution < -0.4 is 0 Å². The minimum Gasteiger partial charge on any atom is -0.377 e. The van der Waals surface area contributed by atoms with Crippen LogP contribution in [0.3, 0.4) is 0 Å². The molecule has 0 amide bonds. The normalized spacial score (nSPS) is 14.1. The van der Waals surface area contributed by atoms with E-state index >= 15 is 8.78 Å². The van der Waals surface area contributed by atoms with Gasteiger partial charge in [-0.2, -0.15) is 26.7 Å². The van der Waals surface area contributed by atoms with Crippen LogP contribution in [0.15, 0.2) is 67.1 Å². The monoisotopic (exact) mass is 497 g/mol. The van der Waals surface area contributed by atoms with Crippen LogP contribution in [-0.4, -0.2) is 30.3 Å². The Morgan fingerprint density at radius 1 is 0.886 bits per heavy atom. The van der Waals surface area contributed by atoms with E-state index in [2.05, 4.69) is 20.4 Å². The maximum atomic E-state index is 15.9. The van der Waals surface area contributed by atoms with Gasteiger partial charge in [0.05, 0.1) is 5.56 Å². The Hall–Kier alpha value is -3.87. The minimum absolute atomic E-state index is 0.275. The van der Waals surface area contributed by atoms with E-state index in [9.17, 15) is 27.1 Å². The number of hydrogen-bond donors (Lipinski definition) is 1. The van der Waals surface area contributed by atoms with Crippen molar-refractivity contribution in [3.05, 3.63) is 95.6 Å². The molecule has 1 atom stereocenters. The number of halogens is 7. The Morgan fingerprint density at radius 3 is 2.29 bits per heavy atom. The van der Waals surface area contributed by atoms with E-state index in [4.69, 9.17) is 0 Å². The second-order valence-electron chi connectivity index (χ2n) is 7.50. The largest absolute Gasteiger partial charge is 0.417 e. The molecule has 1 unspecified atom stereocenters. The third-order valence-electron chi connectivity index (χ3n) is 5.28. The Kier molecular flexibility index (Phi) is 6.05. The zero-order chi connectivity index (χ0) is 25.4. The summed E-state index contributed by atoms with van der Waals surface area (Å²) < 4.78 is 100. The molecule has 0 spiro atoms. The highest BCUT2D eigenvalue weighted by molar-refractivity contribution is 5.68. The number of nitrogens with zero attached hydrogens (tertiary/aromatic N) is 5. The highest BCUT2D eigenvalue weighted by atomic mass is 19.4. The zero-order valence-electron chi connectivity index (χ0n) is 17.4. The highest BCUT2D eigenvalue weighted by Crippen LogP contribution is 2.47. The molecule has 0 saturated heterocycles. The number of hydrogen-bond acceptors (Lipinski definition) is 5. The minimum atomic E-state index is -4.78. The molecule has 0 fully saturated rings. The van der Waals surface area contributed by atoms with Crippen molar-refractivity contribution >= 4 is 0 Å². The first kappa shape index (κ1) is 24.3. The predicted molar refractivity (Wildman–Crippen MR) is 107 cm³/mol. The van der Waals surface area contributed by atoms with Crippen LogP contribution in [0.2, 0.25) is 0 Å². The predicted octanol–water partition coefficient (Wildman–Crippen LogP) is 4.71. The van der Waals surface area contributed by atoms with E-state index in [1.807, 2.05) is 0 Å². The number of rotatable bonds is 6. The van der Waals surface area contributed by atoms with Crippen molar-refractivity contribution in [1.82, 2.24) is 25.2 Å². The van der Waals surface area contributed by atoms with Crippen molar-refractivity contribution in [2.75, 3.05) is 0 Å². The molecule has 0 saturated carbocycles. The summed E-state index contributed by atoms with van der Waals surface area (Å²) in [7, 11) is 0. The van der Waals surface area contributed by atoms with Gasteiger partial charge in [0.2, 0.25) is 0 Å². The van der Waals surface area contributed by atoms with Gasteiger partial charge in [0.15, 0.2) is 11.9 Å². The molecule has 2 aromatic heterocycles. The van der Waals surface area contributed by atoms with Gasteiger partial charge in [-0.25, -0.2) is 8.78 Å². The van der Waals surface area contributed by atoms with Crippen molar-refractivity contribution in [3.63, 3.8) is 0 Å². The summed E-state index contributed by atoms with van der Waals surface area (Å²) in [4.78, 5) is 4.10. The number of aliphatic hydroxyl groups is 1. The van der Waals surface area contributed by atoms with Gasteiger partial charge in [0, 0.05) is 17.8 Å². The van der Waals surface area contributed by atoms with Gasteiger partial charge in [-0.05, 0) is 46.7 Å². The molecule has 2 aromatic carbocycles. The van der Waals surface area contributed by atoms with Gasteiger partial charge in [0.25, 0.3) is 0 Å². The highest BCUT2D eigenvalue weighted by Gasteiger charge is 2.58. The number of pyridine rings is 1. The van der Waals surface area contributed by atoms with E-state index in [1.54, 1.807) is 0 Å².